The molecule has 7 nitrogen and oxygen atoms in total. The van der Waals surface area contributed by atoms with E-state index in [0.29, 0.717) is 28.3 Å². The van der Waals surface area contributed by atoms with Gasteiger partial charge in [0.15, 0.2) is 5.78 Å². The molecule has 0 radical (unpaired) electrons. The minimum Gasteiger partial charge on any atom is -0.495 e. The summed E-state index contributed by atoms with van der Waals surface area (Å²) in [6, 6.07) is 17.7. The van der Waals surface area contributed by atoms with E-state index >= 15 is 0 Å². The molecule has 0 aliphatic rings. The van der Waals surface area contributed by atoms with Crippen molar-refractivity contribution in [3.8, 4) is 5.75 Å². The second-order valence-electron chi connectivity index (χ2n) is 7.21. The molecule has 0 heterocycles. The fourth-order valence-corrected chi connectivity index (χ4v) is 4.43. The summed E-state index contributed by atoms with van der Waals surface area (Å²) in [6.07, 6.45) is 0. The van der Waals surface area contributed by atoms with Crippen LogP contribution in [0.15, 0.2) is 71.6 Å². The first-order valence-electron chi connectivity index (χ1n) is 9.80. The Morgan fingerprint density at radius 2 is 1.69 bits per heavy atom. The smallest absolute Gasteiger partial charge is 0.264 e. The first-order chi connectivity index (χ1) is 15.1. The van der Waals surface area contributed by atoms with Crippen LogP contribution in [0.4, 0.5) is 11.4 Å². The normalized spacial score (nSPS) is 11.0. The van der Waals surface area contributed by atoms with Crippen LogP contribution in [0, 0.1) is 6.92 Å². The maximum Gasteiger partial charge on any atom is 0.264 e. The van der Waals surface area contributed by atoms with Gasteiger partial charge in [-0.3, -0.25) is 13.9 Å². The van der Waals surface area contributed by atoms with E-state index in [4.69, 9.17) is 4.74 Å². The van der Waals surface area contributed by atoms with Crippen molar-refractivity contribution >= 4 is 33.1 Å². The molecule has 0 atom stereocenters. The molecule has 0 unspecified atom stereocenters. The maximum absolute atomic E-state index is 13.3. The molecular formula is C24H24N2O5S. The number of ketones is 1. The van der Waals surface area contributed by atoms with Crippen LogP contribution in [0.1, 0.15) is 33.2 Å². The molecule has 0 saturated heterocycles. The summed E-state index contributed by atoms with van der Waals surface area (Å²) in [5.74, 6) is -0.182. The van der Waals surface area contributed by atoms with Crippen molar-refractivity contribution in [1.29, 1.82) is 0 Å². The molecule has 0 spiro atoms. The Balaban J connectivity index is 1.95. The first-order valence-corrected chi connectivity index (χ1v) is 11.2. The summed E-state index contributed by atoms with van der Waals surface area (Å²) in [7, 11) is -1.06. The number of aryl methyl sites for hydroxylation is 1. The monoisotopic (exact) mass is 452 g/mol. The van der Waals surface area contributed by atoms with Gasteiger partial charge >= 0.3 is 0 Å². The number of sulfonamides is 1. The molecule has 1 N–H and O–H groups in total. The number of hydrogen-bond acceptors (Lipinski definition) is 5. The Hall–Kier alpha value is -3.65. The Morgan fingerprint density at radius 3 is 2.38 bits per heavy atom. The summed E-state index contributed by atoms with van der Waals surface area (Å²) >= 11 is 0. The Labute approximate surface area is 187 Å². The van der Waals surface area contributed by atoms with Gasteiger partial charge in [0.2, 0.25) is 0 Å². The molecule has 0 saturated carbocycles. The van der Waals surface area contributed by atoms with Crippen LogP contribution in [0.5, 0.6) is 5.75 Å². The molecule has 0 aliphatic heterocycles. The average Bonchev–Trinajstić information content (AvgIpc) is 2.78. The molecule has 0 aliphatic carbocycles. The van der Waals surface area contributed by atoms with Crippen molar-refractivity contribution in [3.05, 3.63) is 83.4 Å². The number of carbonyl (C=O) groups is 2. The van der Waals surface area contributed by atoms with Crippen LogP contribution in [0.3, 0.4) is 0 Å². The third-order valence-electron chi connectivity index (χ3n) is 5.06. The first kappa shape index (κ1) is 23.0. The molecule has 0 bridgehead atoms. The van der Waals surface area contributed by atoms with E-state index in [1.807, 2.05) is 0 Å². The van der Waals surface area contributed by atoms with E-state index in [-0.39, 0.29) is 16.2 Å². The number of amides is 1. The zero-order valence-electron chi connectivity index (χ0n) is 18.2. The third kappa shape index (κ3) is 4.65. The summed E-state index contributed by atoms with van der Waals surface area (Å²) in [5.41, 5.74) is 2.12. The molecule has 0 fully saturated rings. The van der Waals surface area contributed by atoms with Crippen molar-refractivity contribution in [2.45, 2.75) is 18.7 Å². The number of anilines is 2. The second kappa shape index (κ2) is 9.23. The fraction of sp³-hybridized carbons (Fsp3) is 0.167. The standard InChI is InChI=1S/C24H24N2O5S/c1-16-12-13-20(32(29,30)26(3)22-10-5-6-11-23(22)31-4)15-21(16)24(28)25-19-9-7-8-18(14-19)17(2)27/h5-15H,1-4H3,(H,25,28). The molecule has 8 heteroatoms. The predicted molar refractivity (Wildman–Crippen MR) is 124 cm³/mol. The molecule has 3 aromatic rings. The van der Waals surface area contributed by atoms with Gasteiger partial charge in [-0.15, -0.1) is 0 Å². The number of nitrogens with one attached hydrogen (secondary N) is 1. The van der Waals surface area contributed by atoms with Gasteiger partial charge in [-0.05, 0) is 55.8 Å². The van der Waals surface area contributed by atoms with Crippen molar-refractivity contribution < 1.29 is 22.7 Å². The number of ether oxygens (including phenoxy) is 1. The highest BCUT2D eigenvalue weighted by atomic mass is 32.2. The van der Waals surface area contributed by atoms with Crippen LogP contribution in [0.2, 0.25) is 0 Å². The number of benzene rings is 3. The Morgan fingerprint density at radius 1 is 0.969 bits per heavy atom. The number of hydrogen-bond donors (Lipinski definition) is 1. The molecule has 3 rings (SSSR count). The zero-order chi connectivity index (χ0) is 23.5. The maximum atomic E-state index is 13.3. The van der Waals surface area contributed by atoms with Crippen molar-refractivity contribution in [2.24, 2.45) is 0 Å². The summed E-state index contributed by atoms with van der Waals surface area (Å²) in [4.78, 5) is 24.5. The van der Waals surface area contributed by atoms with Crippen LogP contribution in [0.25, 0.3) is 0 Å². The zero-order valence-corrected chi connectivity index (χ0v) is 19.1. The van der Waals surface area contributed by atoms with Crippen LogP contribution >= 0.6 is 0 Å². The number of nitrogens with zero attached hydrogens (tertiary/aromatic N) is 1. The lowest BCUT2D eigenvalue weighted by Gasteiger charge is -2.22. The quantitative estimate of drug-likeness (QED) is 0.540. The SMILES string of the molecule is COc1ccccc1N(C)S(=O)(=O)c1ccc(C)c(C(=O)Nc2cccc(C(C)=O)c2)c1. The highest BCUT2D eigenvalue weighted by molar-refractivity contribution is 7.92. The minimum absolute atomic E-state index is 0.0286. The van der Waals surface area contributed by atoms with Crippen molar-refractivity contribution in [3.63, 3.8) is 0 Å². The van der Waals surface area contributed by atoms with Gasteiger partial charge in [-0.25, -0.2) is 8.42 Å². The van der Waals surface area contributed by atoms with Gasteiger partial charge in [0.25, 0.3) is 15.9 Å². The number of carbonyl (C=O) groups excluding carboxylic acids is 2. The van der Waals surface area contributed by atoms with Crippen LogP contribution < -0.4 is 14.4 Å². The van der Waals surface area contributed by atoms with Gasteiger partial charge in [-0.2, -0.15) is 0 Å². The molecule has 32 heavy (non-hydrogen) atoms. The largest absolute Gasteiger partial charge is 0.495 e. The molecule has 0 aromatic heterocycles. The van der Waals surface area contributed by atoms with E-state index in [1.54, 1.807) is 61.5 Å². The molecular weight excluding hydrogens is 428 g/mol. The highest BCUT2D eigenvalue weighted by Crippen LogP contribution is 2.31. The van der Waals surface area contributed by atoms with Gasteiger partial charge in [0.05, 0.1) is 17.7 Å². The minimum atomic E-state index is -3.96. The third-order valence-corrected chi connectivity index (χ3v) is 6.83. The van der Waals surface area contributed by atoms with Gasteiger partial charge in [0.1, 0.15) is 5.75 Å². The van der Waals surface area contributed by atoms with Crippen molar-refractivity contribution in [1.82, 2.24) is 0 Å². The molecule has 1 amide bonds. The average molecular weight is 453 g/mol. The van der Waals surface area contributed by atoms with E-state index in [1.165, 1.54) is 33.2 Å². The Bertz CT molecular complexity index is 1290. The topological polar surface area (TPSA) is 92.8 Å². The predicted octanol–water partition coefficient (Wildman–Crippen LogP) is 4.28. The molecule has 166 valence electrons. The number of methoxy groups -OCH3 is 1. The van der Waals surface area contributed by atoms with Gasteiger partial charge in [0, 0.05) is 23.9 Å². The van der Waals surface area contributed by atoms with E-state index < -0.39 is 15.9 Å². The number of rotatable bonds is 7. The second-order valence-corrected chi connectivity index (χ2v) is 9.18. The molecule has 3 aromatic carbocycles. The lowest BCUT2D eigenvalue weighted by Crippen LogP contribution is -2.27. The highest BCUT2D eigenvalue weighted by Gasteiger charge is 2.25. The van der Waals surface area contributed by atoms with Gasteiger partial charge in [-0.1, -0.05) is 30.3 Å². The van der Waals surface area contributed by atoms with Gasteiger partial charge < -0.3 is 10.1 Å². The van der Waals surface area contributed by atoms with Crippen molar-refractivity contribution in [2.75, 3.05) is 23.8 Å². The lowest BCUT2D eigenvalue weighted by molar-refractivity contribution is 0.101. The van der Waals surface area contributed by atoms with E-state index in [2.05, 4.69) is 5.32 Å². The van der Waals surface area contributed by atoms with Crippen LogP contribution in [-0.4, -0.2) is 34.3 Å². The fourth-order valence-electron chi connectivity index (χ4n) is 3.20. The van der Waals surface area contributed by atoms with E-state index in [0.717, 1.165) is 4.31 Å². The summed E-state index contributed by atoms with van der Waals surface area (Å²) in [5, 5.41) is 2.73. The summed E-state index contributed by atoms with van der Waals surface area (Å²) in [6.45, 7) is 3.17. The number of para-hydroxylation sites is 2. The number of Topliss-reactive ketones (excluding diaryl/α,β-unsaturated/α-hetero) is 1. The van der Waals surface area contributed by atoms with E-state index in [9.17, 15) is 18.0 Å². The van der Waals surface area contributed by atoms with Crippen LogP contribution in [-0.2, 0) is 10.0 Å². The lowest BCUT2D eigenvalue weighted by atomic mass is 10.1. The Kier molecular flexibility index (Phi) is 6.64. The summed E-state index contributed by atoms with van der Waals surface area (Å²) < 4.78 is 32.9.